The van der Waals surface area contributed by atoms with Crippen LogP contribution < -0.4 is 15.5 Å². The standard InChI is InChI=1S/C10H18N6O2/c1-11-8-13-9(12-6-5-7(17)18-4)15-10(14-8)16(2)3/h5-6H2,1-4H3,(H2,11,12,13,14,15). The van der Waals surface area contributed by atoms with E-state index in [-0.39, 0.29) is 12.4 Å². The molecule has 8 heteroatoms. The molecule has 0 amide bonds. The maximum atomic E-state index is 11.0. The average molecular weight is 254 g/mol. The van der Waals surface area contributed by atoms with Gasteiger partial charge in [0.05, 0.1) is 13.5 Å². The molecule has 0 spiro atoms. The first-order valence-electron chi connectivity index (χ1n) is 5.48. The molecule has 0 aromatic carbocycles. The number of carbonyl (C=O) groups is 1. The molecule has 0 aliphatic rings. The summed E-state index contributed by atoms with van der Waals surface area (Å²) in [7, 11) is 6.77. The molecule has 0 bridgehead atoms. The Labute approximate surface area is 106 Å². The van der Waals surface area contributed by atoms with Crippen LogP contribution in [0.15, 0.2) is 0 Å². The van der Waals surface area contributed by atoms with Gasteiger partial charge in [-0.3, -0.25) is 4.79 Å². The number of hydrogen-bond acceptors (Lipinski definition) is 8. The highest BCUT2D eigenvalue weighted by atomic mass is 16.5. The van der Waals surface area contributed by atoms with Gasteiger partial charge in [-0.05, 0) is 0 Å². The van der Waals surface area contributed by atoms with Gasteiger partial charge in [-0.2, -0.15) is 15.0 Å². The summed E-state index contributed by atoms with van der Waals surface area (Å²) in [5.41, 5.74) is 0. The molecule has 8 nitrogen and oxygen atoms in total. The minimum atomic E-state index is -0.279. The number of nitrogens with one attached hydrogen (secondary N) is 2. The molecule has 1 heterocycles. The molecule has 1 aromatic heterocycles. The third-order valence-corrected chi connectivity index (χ3v) is 2.09. The zero-order valence-electron chi connectivity index (χ0n) is 11.0. The van der Waals surface area contributed by atoms with Gasteiger partial charge in [0.2, 0.25) is 17.8 Å². The highest BCUT2D eigenvalue weighted by Gasteiger charge is 2.07. The van der Waals surface area contributed by atoms with Crippen LogP contribution >= 0.6 is 0 Å². The second-order valence-electron chi connectivity index (χ2n) is 3.68. The lowest BCUT2D eigenvalue weighted by atomic mass is 10.4. The molecule has 0 saturated heterocycles. The van der Waals surface area contributed by atoms with Crippen molar-refractivity contribution < 1.29 is 9.53 Å². The van der Waals surface area contributed by atoms with Crippen LogP contribution in [0.5, 0.6) is 0 Å². The van der Waals surface area contributed by atoms with Crippen LogP contribution in [-0.4, -0.2) is 55.7 Å². The number of methoxy groups -OCH3 is 1. The normalized spacial score (nSPS) is 9.78. The van der Waals surface area contributed by atoms with E-state index in [9.17, 15) is 4.79 Å². The van der Waals surface area contributed by atoms with E-state index in [0.717, 1.165) is 0 Å². The summed E-state index contributed by atoms with van der Waals surface area (Å²) in [4.78, 5) is 25.2. The Hall–Kier alpha value is -2.12. The molecular formula is C10H18N6O2. The first kappa shape index (κ1) is 13.9. The van der Waals surface area contributed by atoms with E-state index in [1.165, 1.54) is 7.11 Å². The smallest absolute Gasteiger partial charge is 0.307 e. The van der Waals surface area contributed by atoms with E-state index in [4.69, 9.17) is 0 Å². The summed E-state index contributed by atoms with van der Waals surface area (Å²) in [6.45, 7) is 0.409. The predicted molar refractivity (Wildman–Crippen MR) is 68.8 cm³/mol. The lowest BCUT2D eigenvalue weighted by Gasteiger charge is -2.13. The number of ether oxygens (including phenoxy) is 1. The molecule has 0 radical (unpaired) electrons. The van der Waals surface area contributed by atoms with Gasteiger partial charge in [0.1, 0.15) is 0 Å². The lowest BCUT2D eigenvalue weighted by molar-refractivity contribution is -0.140. The minimum Gasteiger partial charge on any atom is -0.469 e. The molecule has 100 valence electrons. The summed E-state index contributed by atoms with van der Waals surface area (Å²) in [5.74, 6) is 1.14. The topological polar surface area (TPSA) is 92.3 Å². The van der Waals surface area contributed by atoms with Gasteiger partial charge in [0.15, 0.2) is 0 Å². The van der Waals surface area contributed by atoms with Crippen LogP contribution in [0.25, 0.3) is 0 Å². The summed E-state index contributed by atoms with van der Waals surface area (Å²) in [6.07, 6.45) is 0.258. The van der Waals surface area contributed by atoms with Crippen molar-refractivity contribution in [3.05, 3.63) is 0 Å². The van der Waals surface area contributed by atoms with E-state index in [1.54, 1.807) is 11.9 Å². The molecule has 1 rings (SSSR count). The van der Waals surface area contributed by atoms with Gasteiger partial charge in [0.25, 0.3) is 0 Å². The number of aromatic nitrogens is 3. The van der Waals surface area contributed by atoms with E-state index in [1.807, 2.05) is 14.1 Å². The number of hydrogen-bond donors (Lipinski definition) is 2. The Morgan fingerprint density at radius 1 is 1.28 bits per heavy atom. The molecule has 1 aromatic rings. The number of anilines is 3. The monoisotopic (exact) mass is 254 g/mol. The van der Waals surface area contributed by atoms with E-state index < -0.39 is 0 Å². The maximum absolute atomic E-state index is 11.0. The van der Waals surface area contributed by atoms with Crippen molar-refractivity contribution in [2.24, 2.45) is 0 Å². The highest BCUT2D eigenvalue weighted by Crippen LogP contribution is 2.10. The first-order valence-corrected chi connectivity index (χ1v) is 5.48. The number of nitrogens with zero attached hydrogens (tertiary/aromatic N) is 4. The van der Waals surface area contributed by atoms with Gasteiger partial charge < -0.3 is 20.3 Å². The van der Waals surface area contributed by atoms with Gasteiger partial charge in [-0.25, -0.2) is 0 Å². The second-order valence-corrected chi connectivity index (χ2v) is 3.68. The maximum Gasteiger partial charge on any atom is 0.307 e. The molecule has 0 aliphatic heterocycles. The van der Waals surface area contributed by atoms with Gasteiger partial charge >= 0.3 is 5.97 Å². The molecule has 18 heavy (non-hydrogen) atoms. The Kier molecular flexibility index (Phi) is 5.09. The quantitative estimate of drug-likeness (QED) is 0.683. The van der Waals surface area contributed by atoms with Crippen LogP contribution in [-0.2, 0) is 9.53 Å². The lowest BCUT2D eigenvalue weighted by Crippen LogP contribution is -2.17. The van der Waals surface area contributed by atoms with Crippen molar-refractivity contribution in [2.45, 2.75) is 6.42 Å². The average Bonchev–Trinajstić information content (AvgIpc) is 2.37. The van der Waals surface area contributed by atoms with E-state index >= 15 is 0 Å². The molecule has 2 N–H and O–H groups in total. The van der Waals surface area contributed by atoms with Gasteiger partial charge in [-0.15, -0.1) is 0 Å². The first-order chi connectivity index (χ1) is 8.56. The van der Waals surface area contributed by atoms with Crippen molar-refractivity contribution >= 4 is 23.8 Å². The van der Waals surface area contributed by atoms with Crippen LogP contribution in [0.2, 0.25) is 0 Å². The SMILES string of the molecule is CNc1nc(NCCC(=O)OC)nc(N(C)C)n1. The molecule has 0 saturated carbocycles. The molecular weight excluding hydrogens is 236 g/mol. The fourth-order valence-electron chi connectivity index (χ4n) is 1.13. The number of rotatable bonds is 6. The summed E-state index contributed by atoms with van der Waals surface area (Å²) in [6, 6.07) is 0. The van der Waals surface area contributed by atoms with Gasteiger partial charge in [-0.1, -0.05) is 0 Å². The fraction of sp³-hybridized carbons (Fsp3) is 0.600. The predicted octanol–water partition coefficient (Wildman–Crippen LogP) is -0.0457. The van der Waals surface area contributed by atoms with E-state index in [2.05, 4.69) is 30.3 Å². The van der Waals surface area contributed by atoms with Crippen LogP contribution in [0, 0.1) is 0 Å². The molecule has 0 atom stereocenters. The molecule has 0 unspecified atom stereocenters. The summed E-state index contributed by atoms with van der Waals surface area (Å²) >= 11 is 0. The summed E-state index contributed by atoms with van der Waals surface area (Å²) < 4.78 is 4.54. The van der Waals surface area contributed by atoms with Crippen LogP contribution in [0.3, 0.4) is 0 Å². The van der Waals surface area contributed by atoms with Crippen molar-refractivity contribution in [2.75, 3.05) is 50.3 Å². The Balaban J connectivity index is 2.69. The summed E-state index contributed by atoms with van der Waals surface area (Å²) in [5, 5.41) is 5.80. The zero-order valence-corrected chi connectivity index (χ0v) is 11.0. The van der Waals surface area contributed by atoms with Crippen molar-refractivity contribution in [3.8, 4) is 0 Å². The third-order valence-electron chi connectivity index (χ3n) is 2.09. The van der Waals surface area contributed by atoms with Crippen LogP contribution in [0.4, 0.5) is 17.8 Å². The van der Waals surface area contributed by atoms with Crippen molar-refractivity contribution in [1.82, 2.24) is 15.0 Å². The van der Waals surface area contributed by atoms with Crippen molar-refractivity contribution in [1.29, 1.82) is 0 Å². The minimum absolute atomic E-state index is 0.258. The van der Waals surface area contributed by atoms with Crippen LogP contribution in [0.1, 0.15) is 6.42 Å². The zero-order chi connectivity index (χ0) is 13.5. The Bertz CT molecular complexity index is 409. The second kappa shape index (κ2) is 6.58. The highest BCUT2D eigenvalue weighted by molar-refractivity contribution is 5.69. The Morgan fingerprint density at radius 3 is 2.50 bits per heavy atom. The van der Waals surface area contributed by atoms with Crippen molar-refractivity contribution in [3.63, 3.8) is 0 Å². The number of esters is 1. The largest absolute Gasteiger partial charge is 0.469 e. The molecule has 0 fully saturated rings. The Morgan fingerprint density at radius 2 is 1.94 bits per heavy atom. The number of carbonyl (C=O) groups excluding carboxylic acids is 1. The fourth-order valence-corrected chi connectivity index (χ4v) is 1.13. The molecule has 0 aliphatic carbocycles. The van der Waals surface area contributed by atoms with Gasteiger partial charge in [0, 0.05) is 27.7 Å². The third kappa shape index (κ3) is 4.04. The van der Waals surface area contributed by atoms with E-state index in [0.29, 0.717) is 24.4 Å².